The van der Waals surface area contributed by atoms with Gasteiger partial charge in [-0.3, -0.25) is 9.69 Å². The third-order valence-electron chi connectivity index (χ3n) is 6.16. The van der Waals surface area contributed by atoms with E-state index in [2.05, 4.69) is 39.2 Å². The maximum Gasteiger partial charge on any atom is 0.228 e. The highest BCUT2D eigenvalue weighted by Gasteiger charge is 2.46. The molecule has 5 heteroatoms. The van der Waals surface area contributed by atoms with E-state index in [4.69, 9.17) is 0 Å². The molecule has 2 aliphatic rings. The lowest BCUT2D eigenvalue weighted by Crippen LogP contribution is -2.50. The second-order valence-electron chi connectivity index (χ2n) is 8.17. The first-order valence-corrected chi connectivity index (χ1v) is 10.3. The Morgan fingerprint density at radius 1 is 1.22 bits per heavy atom. The molecular weight excluding hydrogens is 336 g/mol. The second-order valence-corrected chi connectivity index (χ2v) is 8.17. The van der Waals surface area contributed by atoms with Gasteiger partial charge in [-0.15, -0.1) is 0 Å². The van der Waals surface area contributed by atoms with E-state index in [9.17, 15) is 4.79 Å². The summed E-state index contributed by atoms with van der Waals surface area (Å²) in [6, 6.07) is 10.2. The van der Waals surface area contributed by atoms with Crippen molar-refractivity contribution >= 4 is 5.91 Å². The molecule has 144 valence electrons. The third kappa shape index (κ3) is 4.08. The van der Waals surface area contributed by atoms with Crippen LogP contribution < -0.4 is 5.32 Å². The molecule has 0 unspecified atom stereocenters. The van der Waals surface area contributed by atoms with Gasteiger partial charge in [0.25, 0.3) is 0 Å². The molecule has 5 nitrogen and oxygen atoms in total. The van der Waals surface area contributed by atoms with Crippen molar-refractivity contribution < 1.29 is 4.79 Å². The standard InChI is InChI=1S/C22H30N4O/c1-2-3-9-20-23-15-18(24-20)16-26-12-10-22(11-13-26)14-19(21(27)25-22)17-7-5-4-6-8-17/h4-8,15,19H,2-3,9-14,16H2,1H3,(H,23,24)(H,25,27)/t19-/m0/s1. The molecule has 2 N–H and O–H groups in total. The Morgan fingerprint density at radius 2 is 2.00 bits per heavy atom. The molecule has 1 spiro atoms. The van der Waals surface area contributed by atoms with Gasteiger partial charge in [-0.05, 0) is 31.2 Å². The maximum atomic E-state index is 12.6. The maximum absolute atomic E-state index is 12.6. The van der Waals surface area contributed by atoms with E-state index in [1.165, 1.54) is 18.5 Å². The predicted octanol–water partition coefficient (Wildman–Crippen LogP) is 3.39. The summed E-state index contributed by atoms with van der Waals surface area (Å²) in [5.41, 5.74) is 2.33. The number of piperidine rings is 1. The largest absolute Gasteiger partial charge is 0.350 e. The highest BCUT2D eigenvalue weighted by atomic mass is 16.2. The Kier molecular flexibility index (Phi) is 5.30. The number of likely N-dealkylation sites (tertiary alicyclic amines) is 1. The average molecular weight is 367 g/mol. The van der Waals surface area contributed by atoms with E-state index < -0.39 is 0 Å². The van der Waals surface area contributed by atoms with Crippen LogP contribution in [0.4, 0.5) is 0 Å². The van der Waals surface area contributed by atoms with Crippen LogP contribution >= 0.6 is 0 Å². The number of H-pyrrole nitrogens is 1. The van der Waals surface area contributed by atoms with E-state index in [1.807, 2.05) is 24.4 Å². The van der Waals surface area contributed by atoms with Gasteiger partial charge in [-0.25, -0.2) is 4.98 Å². The SMILES string of the molecule is CCCCc1ncc(CN2CCC3(CC2)C[C@@H](c2ccccc2)C(=O)N3)[nH]1. The van der Waals surface area contributed by atoms with E-state index in [0.717, 1.165) is 56.7 Å². The van der Waals surface area contributed by atoms with Crippen molar-refractivity contribution in [2.75, 3.05) is 13.1 Å². The minimum Gasteiger partial charge on any atom is -0.350 e. The number of aromatic amines is 1. The molecule has 2 fully saturated rings. The van der Waals surface area contributed by atoms with Crippen molar-refractivity contribution in [1.82, 2.24) is 20.2 Å². The molecule has 0 saturated carbocycles. The molecule has 27 heavy (non-hydrogen) atoms. The van der Waals surface area contributed by atoms with E-state index in [1.54, 1.807) is 0 Å². The Morgan fingerprint density at radius 3 is 2.74 bits per heavy atom. The average Bonchev–Trinajstić information content (AvgIpc) is 3.27. The van der Waals surface area contributed by atoms with Crippen LogP contribution in [-0.2, 0) is 17.8 Å². The monoisotopic (exact) mass is 366 g/mol. The van der Waals surface area contributed by atoms with Gasteiger partial charge in [-0.1, -0.05) is 43.7 Å². The summed E-state index contributed by atoms with van der Waals surface area (Å²) in [6.07, 6.45) is 8.37. The number of imidazole rings is 1. The number of aryl methyl sites for hydroxylation is 1. The summed E-state index contributed by atoms with van der Waals surface area (Å²) in [4.78, 5) is 23.0. The Hall–Kier alpha value is -2.14. The summed E-state index contributed by atoms with van der Waals surface area (Å²) >= 11 is 0. The highest BCUT2D eigenvalue weighted by Crippen LogP contribution is 2.39. The summed E-state index contributed by atoms with van der Waals surface area (Å²) in [5.74, 6) is 1.31. The van der Waals surface area contributed by atoms with E-state index >= 15 is 0 Å². The highest BCUT2D eigenvalue weighted by molar-refractivity contribution is 5.87. The van der Waals surface area contributed by atoms with Gasteiger partial charge in [-0.2, -0.15) is 0 Å². The van der Waals surface area contributed by atoms with E-state index in [-0.39, 0.29) is 17.4 Å². The first kappa shape index (κ1) is 18.2. The summed E-state index contributed by atoms with van der Waals surface area (Å²) < 4.78 is 0. The number of unbranched alkanes of at least 4 members (excludes halogenated alkanes) is 1. The lowest BCUT2D eigenvalue weighted by Gasteiger charge is -2.39. The number of rotatable bonds is 6. The summed E-state index contributed by atoms with van der Waals surface area (Å²) in [6.45, 7) is 5.17. The molecule has 1 amide bonds. The van der Waals surface area contributed by atoms with Gasteiger partial charge in [0.2, 0.25) is 5.91 Å². The minimum absolute atomic E-state index is 0.00600. The molecule has 0 radical (unpaired) electrons. The Labute approximate surface area is 161 Å². The zero-order valence-corrected chi connectivity index (χ0v) is 16.2. The van der Waals surface area contributed by atoms with Crippen LogP contribution in [-0.4, -0.2) is 39.4 Å². The number of hydrogen-bond acceptors (Lipinski definition) is 3. The number of carbonyl (C=O) groups excluding carboxylic acids is 1. The van der Waals surface area contributed by atoms with Gasteiger partial charge < -0.3 is 10.3 Å². The summed E-state index contributed by atoms with van der Waals surface area (Å²) in [7, 11) is 0. The number of aromatic nitrogens is 2. The fourth-order valence-corrected chi connectivity index (χ4v) is 4.50. The fraction of sp³-hybridized carbons (Fsp3) is 0.545. The van der Waals surface area contributed by atoms with Crippen LogP contribution in [0, 0.1) is 0 Å². The molecule has 2 aromatic rings. The zero-order chi connectivity index (χ0) is 18.7. The quantitative estimate of drug-likeness (QED) is 0.824. The van der Waals surface area contributed by atoms with Gasteiger partial charge in [0.1, 0.15) is 5.82 Å². The molecule has 0 bridgehead atoms. The van der Waals surface area contributed by atoms with Crippen LogP contribution in [0.5, 0.6) is 0 Å². The van der Waals surface area contributed by atoms with Crippen molar-refractivity contribution in [2.24, 2.45) is 0 Å². The molecular formula is C22H30N4O. The van der Waals surface area contributed by atoms with Gasteiger partial charge in [0, 0.05) is 43.5 Å². The Balaban J connectivity index is 1.32. The summed E-state index contributed by atoms with van der Waals surface area (Å²) in [5, 5.41) is 3.34. The van der Waals surface area contributed by atoms with Crippen LogP contribution in [0.3, 0.4) is 0 Å². The Bertz CT molecular complexity index is 762. The molecule has 3 heterocycles. The van der Waals surface area contributed by atoms with E-state index in [0.29, 0.717) is 0 Å². The molecule has 1 atom stereocenters. The number of hydrogen-bond donors (Lipinski definition) is 2. The first-order chi connectivity index (χ1) is 13.2. The van der Waals surface area contributed by atoms with Crippen molar-refractivity contribution in [3.8, 4) is 0 Å². The van der Waals surface area contributed by atoms with Crippen LogP contribution in [0.1, 0.15) is 62.0 Å². The molecule has 1 aromatic carbocycles. The second kappa shape index (κ2) is 7.85. The third-order valence-corrected chi connectivity index (χ3v) is 6.16. The van der Waals surface area contributed by atoms with Crippen LogP contribution in [0.15, 0.2) is 36.5 Å². The smallest absolute Gasteiger partial charge is 0.228 e. The van der Waals surface area contributed by atoms with Crippen molar-refractivity contribution in [3.63, 3.8) is 0 Å². The number of benzene rings is 1. The number of carbonyl (C=O) groups is 1. The van der Waals surface area contributed by atoms with Crippen LogP contribution in [0.25, 0.3) is 0 Å². The number of nitrogens with zero attached hydrogens (tertiary/aromatic N) is 2. The van der Waals surface area contributed by atoms with Gasteiger partial charge in [0.05, 0.1) is 5.92 Å². The zero-order valence-electron chi connectivity index (χ0n) is 16.2. The topological polar surface area (TPSA) is 61.0 Å². The minimum atomic E-state index is -0.0195. The lowest BCUT2D eigenvalue weighted by atomic mass is 9.82. The van der Waals surface area contributed by atoms with Crippen LogP contribution in [0.2, 0.25) is 0 Å². The molecule has 2 aliphatic heterocycles. The first-order valence-electron chi connectivity index (χ1n) is 10.3. The van der Waals surface area contributed by atoms with Gasteiger partial charge >= 0.3 is 0 Å². The molecule has 1 aromatic heterocycles. The normalized spacial score (nSPS) is 22.3. The van der Waals surface area contributed by atoms with Crippen molar-refractivity contribution in [2.45, 2.75) is 63.5 Å². The number of amides is 1. The fourth-order valence-electron chi connectivity index (χ4n) is 4.50. The van der Waals surface area contributed by atoms with Gasteiger partial charge in [0.15, 0.2) is 0 Å². The lowest BCUT2D eigenvalue weighted by molar-refractivity contribution is -0.121. The van der Waals surface area contributed by atoms with Crippen molar-refractivity contribution in [3.05, 3.63) is 53.6 Å². The number of nitrogens with one attached hydrogen (secondary N) is 2. The molecule has 2 saturated heterocycles. The molecule has 4 rings (SSSR count). The van der Waals surface area contributed by atoms with Crippen molar-refractivity contribution in [1.29, 1.82) is 0 Å². The molecule has 0 aliphatic carbocycles. The predicted molar refractivity (Wildman–Crippen MR) is 106 cm³/mol.